The molecule has 0 bridgehead atoms. The van der Waals surface area contributed by atoms with Crippen LogP contribution in [0.4, 0.5) is 0 Å². The third-order valence-corrected chi connectivity index (χ3v) is 3.81. The quantitative estimate of drug-likeness (QED) is 0.894. The molecule has 4 nitrogen and oxygen atoms in total. The lowest BCUT2D eigenvalue weighted by Gasteiger charge is -2.16. The summed E-state index contributed by atoms with van der Waals surface area (Å²) in [7, 11) is 0. The number of benzene rings is 1. The molecule has 0 spiro atoms. The topological polar surface area (TPSA) is 55.6 Å². The van der Waals surface area contributed by atoms with Crippen molar-refractivity contribution in [3.63, 3.8) is 0 Å². The minimum atomic E-state index is 0.0502. The summed E-state index contributed by atoms with van der Waals surface area (Å²) in [6, 6.07) is 5.88. The van der Waals surface area contributed by atoms with Gasteiger partial charge in [0.2, 0.25) is 0 Å². The summed E-state index contributed by atoms with van der Waals surface area (Å²) in [5.41, 5.74) is 8.02. The van der Waals surface area contributed by atoms with E-state index in [1.807, 2.05) is 30.0 Å². The zero-order chi connectivity index (χ0) is 13.8. The van der Waals surface area contributed by atoms with Gasteiger partial charge in [-0.05, 0) is 56.0 Å². The average molecular weight is 262 g/mol. The summed E-state index contributed by atoms with van der Waals surface area (Å²) in [4.78, 5) is 13.8. The first-order valence-electron chi connectivity index (χ1n) is 6.78. The molecule has 104 valence electrons. The molecule has 0 radical (unpaired) electrons. The Morgan fingerprint density at radius 1 is 1.42 bits per heavy atom. The first-order valence-corrected chi connectivity index (χ1v) is 6.78. The van der Waals surface area contributed by atoms with Gasteiger partial charge < -0.3 is 15.4 Å². The fourth-order valence-corrected chi connectivity index (χ4v) is 2.29. The van der Waals surface area contributed by atoms with Crippen molar-refractivity contribution in [2.24, 2.45) is 11.7 Å². The number of carbonyl (C=O) groups excluding carboxylic acids is 1. The molecule has 1 saturated heterocycles. The second kappa shape index (κ2) is 6.06. The van der Waals surface area contributed by atoms with Gasteiger partial charge in [-0.1, -0.05) is 6.07 Å². The maximum atomic E-state index is 12.0. The van der Waals surface area contributed by atoms with Crippen LogP contribution in [-0.2, 0) is 4.79 Å². The van der Waals surface area contributed by atoms with E-state index in [1.54, 1.807) is 0 Å². The maximum Gasteiger partial charge on any atom is 0.260 e. The molecule has 2 rings (SSSR count). The smallest absolute Gasteiger partial charge is 0.260 e. The van der Waals surface area contributed by atoms with Crippen LogP contribution in [0, 0.1) is 19.8 Å². The predicted octanol–water partition coefficient (Wildman–Crippen LogP) is 1.49. The number of nitrogens with two attached hydrogens (primary N) is 1. The fourth-order valence-electron chi connectivity index (χ4n) is 2.29. The second-order valence-corrected chi connectivity index (χ2v) is 5.26. The lowest BCUT2D eigenvalue weighted by atomic mass is 10.1. The Bertz CT molecular complexity index is 459. The van der Waals surface area contributed by atoms with Crippen LogP contribution in [0.3, 0.4) is 0 Å². The van der Waals surface area contributed by atoms with Crippen LogP contribution in [0.5, 0.6) is 5.75 Å². The molecule has 0 unspecified atom stereocenters. The monoisotopic (exact) mass is 262 g/mol. The van der Waals surface area contributed by atoms with Gasteiger partial charge in [-0.25, -0.2) is 0 Å². The van der Waals surface area contributed by atoms with E-state index in [0.29, 0.717) is 12.5 Å². The van der Waals surface area contributed by atoms with Crippen LogP contribution in [0.2, 0.25) is 0 Å². The summed E-state index contributed by atoms with van der Waals surface area (Å²) in [5, 5.41) is 0. The highest BCUT2D eigenvalue weighted by Gasteiger charge is 2.25. The van der Waals surface area contributed by atoms with E-state index in [-0.39, 0.29) is 12.5 Å². The molecule has 4 heteroatoms. The van der Waals surface area contributed by atoms with Gasteiger partial charge in [0.25, 0.3) is 5.91 Å². The van der Waals surface area contributed by atoms with Gasteiger partial charge in [0, 0.05) is 13.1 Å². The summed E-state index contributed by atoms with van der Waals surface area (Å²) in [5.74, 6) is 1.26. The van der Waals surface area contributed by atoms with Gasteiger partial charge in [0.15, 0.2) is 6.61 Å². The highest BCUT2D eigenvalue weighted by molar-refractivity contribution is 5.78. The molecule has 1 heterocycles. The first kappa shape index (κ1) is 13.9. The summed E-state index contributed by atoms with van der Waals surface area (Å²) >= 11 is 0. The number of likely N-dealkylation sites (tertiary alicyclic amines) is 1. The van der Waals surface area contributed by atoms with Gasteiger partial charge in [-0.15, -0.1) is 0 Å². The van der Waals surface area contributed by atoms with E-state index in [9.17, 15) is 4.79 Å². The van der Waals surface area contributed by atoms with E-state index in [4.69, 9.17) is 10.5 Å². The van der Waals surface area contributed by atoms with E-state index in [1.165, 1.54) is 11.1 Å². The van der Waals surface area contributed by atoms with Crippen LogP contribution >= 0.6 is 0 Å². The van der Waals surface area contributed by atoms with Crippen molar-refractivity contribution in [3.05, 3.63) is 29.3 Å². The zero-order valence-electron chi connectivity index (χ0n) is 11.7. The molecule has 1 aromatic rings. The van der Waals surface area contributed by atoms with Crippen LogP contribution in [0.15, 0.2) is 18.2 Å². The number of nitrogens with zero attached hydrogens (tertiary/aromatic N) is 1. The molecule has 0 aliphatic carbocycles. The number of carbonyl (C=O) groups is 1. The molecule has 1 fully saturated rings. The minimum absolute atomic E-state index is 0.0502. The number of hydrogen-bond donors (Lipinski definition) is 1. The van der Waals surface area contributed by atoms with Gasteiger partial charge in [0.1, 0.15) is 5.75 Å². The van der Waals surface area contributed by atoms with Gasteiger partial charge in [0.05, 0.1) is 0 Å². The Kier molecular flexibility index (Phi) is 4.43. The van der Waals surface area contributed by atoms with Crippen molar-refractivity contribution < 1.29 is 9.53 Å². The Hall–Kier alpha value is -1.55. The fraction of sp³-hybridized carbons (Fsp3) is 0.533. The molecule has 1 amide bonds. The highest BCUT2D eigenvalue weighted by atomic mass is 16.5. The molecule has 1 aromatic carbocycles. The molecule has 0 saturated carbocycles. The van der Waals surface area contributed by atoms with Crippen molar-refractivity contribution in [2.45, 2.75) is 20.3 Å². The van der Waals surface area contributed by atoms with Crippen LogP contribution in [0.1, 0.15) is 17.5 Å². The lowest BCUT2D eigenvalue weighted by Crippen LogP contribution is -2.33. The number of amides is 1. The molecule has 19 heavy (non-hydrogen) atoms. The molecule has 1 aliphatic rings. The van der Waals surface area contributed by atoms with Crippen molar-refractivity contribution in [3.8, 4) is 5.75 Å². The zero-order valence-corrected chi connectivity index (χ0v) is 11.7. The number of ether oxygens (including phenoxy) is 1. The Morgan fingerprint density at radius 3 is 2.84 bits per heavy atom. The van der Waals surface area contributed by atoms with Crippen molar-refractivity contribution in [2.75, 3.05) is 26.2 Å². The summed E-state index contributed by atoms with van der Waals surface area (Å²) in [6.45, 7) is 6.43. The molecule has 1 atom stereocenters. The number of aryl methyl sites for hydroxylation is 2. The van der Waals surface area contributed by atoms with Gasteiger partial charge in [-0.2, -0.15) is 0 Å². The highest BCUT2D eigenvalue weighted by Crippen LogP contribution is 2.18. The van der Waals surface area contributed by atoms with Crippen molar-refractivity contribution >= 4 is 5.91 Å². The second-order valence-electron chi connectivity index (χ2n) is 5.26. The summed E-state index contributed by atoms with van der Waals surface area (Å²) in [6.07, 6.45) is 1.01. The van der Waals surface area contributed by atoms with E-state index < -0.39 is 0 Å². The molecular weight excluding hydrogens is 240 g/mol. The SMILES string of the molecule is Cc1ccc(OCC(=O)N2CC[C@H](CN)C2)cc1C. The van der Waals surface area contributed by atoms with Gasteiger partial charge >= 0.3 is 0 Å². The number of hydrogen-bond acceptors (Lipinski definition) is 3. The molecule has 0 aromatic heterocycles. The Balaban J connectivity index is 1.85. The minimum Gasteiger partial charge on any atom is -0.484 e. The predicted molar refractivity (Wildman–Crippen MR) is 75.2 cm³/mol. The number of rotatable bonds is 4. The standard InChI is InChI=1S/C15H22N2O2/c1-11-3-4-14(7-12(11)2)19-10-15(18)17-6-5-13(8-16)9-17/h3-4,7,13H,5-6,8-10,16H2,1-2H3/t13-/m1/s1. The normalized spacial score (nSPS) is 18.7. The van der Waals surface area contributed by atoms with Crippen molar-refractivity contribution in [1.29, 1.82) is 0 Å². The largest absolute Gasteiger partial charge is 0.484 e. The Labute approximate surface area is 114 Å². The molecule has 2 N–H and O–H groups in total. The van der Waals surface area contributed by atoms with Gasteiger partial charge in [-0.3, -0.25) is 4.79 Å². The van der Waals surface area contributed by atoms with E-state index in [2.05, 4.69) is 6.92 Å². The van der Waals surface area contributed by atoms with E-state index >= 15 is 0 Å². The maximum absolute atomic E-state index is 12.0. The van der Waals surface area contributed by atoms with E-state index in [0.717, 1.165) is 25.3 Å². The summed E-state index contributed by atoms with van der Waals surface area (Å²) < 4.78 is 5.56. The third-order valence-electron chi connectivity index (χ3n) is 3.81. The van der Waals surface area contributed by atoms with Crippen LogP contribution in [-0.4, -0.2) is 37.0 Å². The third kappa shape index (κ3) is 3.47. The first-order chi connectivity index (χ1) is 9.10. The lowest BCUT2D eigenvalue weighted by molar-refractivity contribution is -0.132. The average Bonchev–Trinajstić information content (AvgIpc) is 2.88. The van der Waals surface area contributed by atoms with Crippen LogP contribution < -0.4 is 10.5 Å². The molecular formula is C15H22N2O2. The van der Waals surface area contributed by atoms with Crippen molar-refractivity contribution in [1.82, 2.24) is 4.90 Å². The molecule has 1 aliphatic heterocycles. The Morgan fingerprint density at radius 2 is 2.21 bits per heavy atom. The van der Waals surface area contributed by atoms with Crippen LogP contribution in [0.25, 0.3) is 0 Å².